The summed E-state index contributed by atoms with van der Waals surface area (Å²) in [6, 6.07) is 14.8. The number of rotatable bonds is 4. The Balaban J connectivity index is 1.74. The van der Waals surface area contributed by atoms with E-state index in [4.69, 9.17) is 11.2 Å². The first-order chi connectivity index (χ1) is 18.3. The Morgan fingerprint density at radius 2 is 1.87 bits per heavy atom. The highest BCUT2D eigenvalue weighted by molar-refractivity contribution is 7.86. The molecule has 0 amide bonds. The molecule has 9 heteroatoms. The first-order valence-corrected chi connectivity index (χ1v) is 13.6. The smallest absolute Gasteiger partial charge is 0.332 e. The van der Waals surface area contributed by atoms with Crippen LogP contribution in [-0.2, 0) is 10.2 Å². The van der Waals surface area contributed by atoms with E-state index in [1.807, 2.05) is 24.3 Å². The van der Waals surface area contributed by atoms with Crippen LogP contribution in [-0.4, -0.2) is 38.2 Å². The van der Waals surface area contributed by atoms with Crippen LogP contribution >= 0.6 is 0 Å². The molecule has 7 nitrogen and oxygen atoms in total. The number of fused-ring (bicyclic) bond motifs is 4. The van der Waals surface area contributed by atoms with Gasteiger partial charge in [0.2, 0.25) is 0 Å². The summed E-state index contributed by atoms with van der Waals surface area (Å²) in [6.07, 6.45) is 7.33. The third-order valence-electron chi connectivity index (χ3n) is 7.34. The second kappa shape index (κ2) is 9.01. The molecule has 0 saturated carbocycles. The average Bonchev–Trinajstić information content (AvgIpc) is 3.31. The highest BCUT2D eigenvalue weighted by atomic mass is 32.3. The van der Waals surface area contributed by atoms with E-state index in [1.54, 1.807) is 12.1 Å². The minimum atomic E-state index is -4.90. The Kier molecular flexibility index (Phi) is 5.74. The van der Waals surface area contributed by atoms with Crippen LogP contribution in [0.1, 0.15) is 24.4 Å². The summed E-state index contributed by atoms with van der Waals surface area (Å²) >= 11 is 0. The molecule has 5 aromatic rings. The fraction of sp³-hybridized carbons (Fsp3) is 0.207. The Labute approximate surface area is 218 Å². The lowest BCUT2D eigenvalue weighted by atomic mass is 9.99. The molecule has 1 fully saturated rings. The summed E-state index contributed by atoms with van der Waals surface area (Å²) < 4.78 is 44.8. The highest BCUT2D eigenvalue weighted by Crippen LogP contribution is 2.38. The van der Waals surface area contributed by atoms with E-state index in [9.17, 15) is 17.1 Å². The molecule has 6 rings (SSSR count). The first-order valence-electron chi connectivity index (χ1n) is 12.2. The van der Waals surface area contributed by atoms with Crippen molar-refractivity contribution in [3.05, 3.63) is 70.4 Å². The van der Waals surface area contributed by atoms with Gasteiger partial charge >= 0.3 is 10.2 Å². The summed E-state index contributed by atoms with van der Waals surface area (Å²) in [7, 11) is -3.42. The second-order valence-electron chi connectivity index (χ2n) is 9.47. The van der Waals surface area contributed by atoms with E-state index in [0.717, 1.165) is 36.8 Å². The molecule has 0 radical (unpaired) electrons. The van der Waals surface area contributed by atoms with Gasteiger partial charge in [-0.25, -0.2) is 0 Å². The molecule has 2 N–H and O–H groups in total. The van der Waals surface area contributed by atoms with Crippen molar-refractivity contribution >= 4 is 43.1 Å². The zero-order valence-corrected chi connectivity index (χ0v) is 21.4. The number of H-pyrrole nitrogens is 1. The minimum absolute atomic E-state index is 0.0980. The number of nitrogens with one attached hydrogen (secondary N) is 2. The van der Waals surface area contributed by atoms with Gasteiger partial charge in [-0.2, -0.15) is 8.42 Å². The topological polar surface area (TPSA) is 93.2 Å². The van der Waals surface area contributed by atoms with Gasteiger partial charge in [0, 0.05) is 28.1 Å². The predicted octanol–water partition coefficient (Wildman–Crippen LogP) is 4.88. The van der Waals surface area contributed by atoms with Gasteiger partial charge in [0.25, 0.3) is 0 Å². The van der Waals surface area contributed by atoms with Crippen LogP contribution < -0.4 is 15.5 Å². The standard InChI is InChI=1S/C29H24FN3O4S/c1-3-17-7-8-21-24(13-17)32-29-27(21)28(34)23-16-26(37-2)22(18-5-4-6-20(14-18)38(30,35)36)15-25(23)33(29)19-9-11-31-12-10-19/h1,4-8,13-16,19,31-32H,9-12H2,2H3. The summed E-state index contributed by atoms with van der Waals surface area (Å²) in [6.45, 7) is 1.67. The fourth-order valence-corrected chi connectivity index (χ4v) is 6.05. The molecule has 1 aliphatic rings. The zero-order valence-electron chi connectivity index (χ0n) is 20.5. The molecule has 38 heavy (non-hydrogen) atoms. The maximum atomic E-state index is 14.0. The molecule has 192 valence electrons. The SMILES string of the molecule is C#Cc1ccc2c(c1)[nH]c1c2c(=O)c2cc(OC)c(-c3cccc(S(=O)(=O)F)c3)cc2n1C1CCNCC1. The number of nitrogens with zero attached hydrogens (tertiary/aromatic N) is 1. The molecular weight excluding hydrogens is 505 g/mol. The fourth-order valence-electron chi connectivity index (χ4n) is 5.54. The number of pyridine rings is 1. The van der Waals surface area contributed by atoms with Gasteiger partial charge in [-0.15, -0.1) is 10.3 Å². The number of terminal acetylenes is 1. The normalized spacial score (nSPS) is 14.8. The van der Waals surface area contributed by atoms with Crippen molar-refractivity contribution in [1.29, 1.82) is 0 Å². The third-order valence-corrected chi connectivity index (χ3v) is 8.15. The van der Waals surface area contributed by atoms with Gasteiger partial charge in [-0.1, -0.05) is 24.1 Å². The molecule has 1 saturated heterocycles. The molecule has 2 aromatic heterocycles. The van der Waals surface area contributed by atoms with Crippen LogP contribution in [0, 0.1) is 12.3 Å². The van der Waals surface area contributed by atoms with Crippen LogP contribution in [0.25, 0.3) is 44.0 Å². The van der Waals surface area contributed by atoms with Crippen LogP contribution in [0.5, 0.6) is 5.75 Å². The highest BCUT2D eigenvalue weighted by Gasteiger charge is 2.25. The second-order valence-corrected chi connectivity index (χ2v) is 10.8. The van der Waals surface area contributed by atoms with Gasteiger partial charge in [-0.05, 0) is 67.9 Å². The molecule has 0 aliphatic carbocycles. The predicted molar refractivity (Wildman–Crippen MR) is 147 cm³/mol. The molecule has 0 unspecified atom stereocenters. The van der Waals surface area contributed by atoms with E-state index in [0.29, 0.717) is 44.4 Å². The van der Waals surface area contributed by atoms with Crippen molar-refractivity contribution in [3.63, 3.8) is 0 Å². The zero-order chi connectivity index (χ0) is 26.6. The van der Waals surface area contributed by atoms with Crippen molar-refractivity contribution in [3.8, 4) is 29.2 Å². The Morgan fingerprint density at radius 1 is 1.08 bits per heavy atom. The number of ether oxygens (including phenoxy) is 1. The van der Waals surface area contributed by atoms with Gasteiger partial charge < -0.3 is 19.6 Å². The summed E-state index contributed by atoms with van der Waals surface area (Å²) in [4.78, 5) is 17.0. The van der Waals surface area contributed by atoms with Crippen molar-refractivity contribution < 1.29 is 17.0 Å². The van der Waals surface area contributed by atoms with E-state index >= 15 is 0 Å². The molecule has 3 heterocycles. The lowest BCUT2D eigenvalue weighted by Crippen LogP contribution is -2.30. The maximum Gasteiger partial charge on any atom is 0.332 e. The number of methoxy groups -OCH3 is 1. The summed E-state index contributed by atoms with van der Waals surface area (Å²) in [5.41, 5.74) is 3.74. The molecule has 0 spiro atoms. The number of hydrogen-bond donors (Lipinski definition) is 2. The van der Waals surface area contributed by atoms with E-state index in [1.165, 1.54) is 25.3 Å². The number of aromatic amines is 1. The molecule has 3 aromatic carbocycles. The molecule has 0 atom stereocenters. The monoisotopic (exact) mass is 529 g/mol. The maximum absolute atomic E-state index is 14.0. The number of piperidine rings is 1. The van der Waals surface area contributed by atoms with Crippen LogP contribution in [0.2, 0.25) is 0 Å². The van der Waals surface area contributed by atoms with Crippen molar-refractivity contribution in [1.82, 2.24) is 14.9 Å². The summed E-state index contributed by atoms with van der Waals surface area (Å²) in [5.74, 6) is 3.03. The third kappa shape index (κ3) is 3.85. The Morgan fingerprint density at radius 3 is 2.58 bits per heavy atom. The number of benzene rings is 3. The van der Waals surface area contributed by atoms with Gasteiger partial charge in [0.05, 0.1) is 28.3 Å². The lowest BCUT2D eigenvalue weighted by molar-refractivity contribution is 0.381. The number of hydrogen-bond acceptors (Lipinski definition) is 5. The van der Waals surface area contributed by atoms with Crippen LogP contribution in [0.4, 0.5) is 3.89 Å². The largest absolute Gasteiger partial charge is 0.496 e. The summed E-state index contributed by atoms with van der Waals surface area (Å²) in [5, 5.41) is 5.24. The quantitative estimate of drug-likeness (QED) is 0.256. The van der Waals surface area contributed by atoms with Crippen molar-refractivity contribution in [2.24, 2.45) is 0 Å². The molecule has 0 bridgehead atoms. The van der Waals surface area contributed by atoms with Crippen molar-refractivity contribution in [2.45, 2.75) is 23.8 Å². The van der Waals surface area contributed by atoms with Gasteiger partial charge in [-0.3, -0.25) is 4.79 Å². The van der Waals surface area contributed by atoms with Crippen LogP contribution in [0.15, 0.2) is 64.3 Å². The first kappa shape index (κ1) is 24.2. The average molecular weight is 530 g/mol. The molecule has 1 aliphatic heterocycles. The molecular formula is C29H24FN3O4S. The van der Waals surface area contributed by atoms with Gasteiger partial charge in [0.1, 0.15) is 11.4 Å². The minimum Gasteiger partial charge on any atom is -0.496 e. The number of aromatic nitrogens is 2. The Hall–Kier alpha value is -4.13. The van der Waals surface area contributed by atoms with Crippen LogP contribution in [0.3, 0.4) is 0 Å². The lowest BCUT2D eigenvalue weighted by Gasteiger charge is -2.28. The van der Waals surface area contributed by atoms with Gasteiger partial charge in [0.15, 0.2) is 5.43 Å². The number of halogens is 1. The van der Waals surface area contributed by atoms with E-state index in [2.05, 4.69) is 20.8 Å². The van der Waals surface area contributed by atoms with E-state index < -0.39 is 15.1 Å². The van der Waals surface area contributed by atoms with E-state index in [-0.39, 0.29) is 11.5 Å². The Bertz CT molecular complexity index is 1960. The van der Waals surface area contributed by atoms with Crippen molar-refractivity contribution in [2.75, 3.05) is 20.2 Å².